The summed E-state index contributed by atoms with van der Waals surface area (Å²) in [4.78, 5) is 30.6. The van der Waals surface area contributed by atoms with Crippen molar-refractivity contribution in [1.82, 2.24) is 20.1 Å². The molecular weight excluding hydrogens is 408 g/mol. The number of hydrogen-bond acceptors (Lipinski definition) is 5. The molecule has 0 spiro atoms. The van der Waals surface area contributed by atoms with Crippen LogP contribution in [0.3, 0.4) is 0 Å². The highest BCUT2D eigenvalue weighted by Crippen LogP contribution is 2.42. The van der Waals surface area contributed by atoms with E-state index in [9.17, 15) is 14.7 Å². The maximum absolute atomic E-state index is 12.6. The molecule has 1 saturated carbocycles. The van der Waals surface area contributed by atoms with Gasteiger partial charge >= 0.3 is 5.97 Å². The second-order valence-electron chi connectivity index (χ2n) is 9.13. The van der Waals surface area contributed by atoms with Gasteiger partial charge in [0.1, 0.15) is 5.75 Å². The number of nitrogens with one attached hydrogen (secondary N) is 1. The standard InChI is InChI=1S/C24H32N4O4/c29-22(4-3-12-24(23(30)31)10-1-2-11-24)28-14-8-18(9-15-28)17-32-19-5-6-20(25-16-19)21-7-13-26-27-21/h5-7,13,16,18H,1-4,8-12,14-15,17H2,(H,26,27)(H,30,31). The zero-order valence-electron chi connectivity index (χ0n) is 18.5. The number of carboxylic acid groups (broad SMARTS) is 1. The molecule has 0 unspecified atom stereocenters. The van der Waals surface area contributed by atoms with Crippen LogP contribution in [-0.4, -0.2) is 56.8 Å². The van der Waals surface area contributed by atoms with Gasteiger partial charge in [-0.05, 0) is 62.6 Å². The molecule has 32 heavy (non-hydrogen) atoms. The lowest BCUT2D eigenvalue weighted by Crippen LogP contribution is -2.39. The summed E-state index contributed by atoms with van der Waals surface area (Å²) in [5, 5.41) is 16.4. The lowest BCUT2D eigenvalue weighted by atomic mass is 9.81. The molecule has 2 fully saturated rings. The van der Waals surface area contributed by atoms with Crippen LogP contribution in [0.15, 0.2) is 30.6 Å². The normalized spacial score (nSPS) is 18.6. The van der Waals surface area contributed by atoms with Gasteiger partial charge in [-0.3, -0.25) is 19.7 Å². The SMILES string of the molecule is O=C(CCCC1(C(=O)O)CCCC1)N1CCC(COc2ccc(-c3ccn[nH]3)nc2)CC1. The van der Waals surface area contributed by atoms with E-state index in [0.29, 0.717) is 31.8 Å². The first-order chi connectivity index (χ1) is 15.6. The van der Waals surface area contributed by atoms with Crippen molar-refractivity contribution in [3.63, 3.8) is 0 Å². The lowest BCUT2D eigenvalue weighted by molar-refractivity contribution is -0.149. The number of aliphatic carboxylic acids is 1. The van der Waals surface area contributed by atoms with Crippen molar-refractivity contribution in [2.45, 2.75) is 57.8 Å². The molecule has 2 aromatic heterocycles. The third-order valence-electron chi connectivity index (χ3n) is 7.03. The van der Waals surface area contributed by atoms with E-state index in [1.165, 1.54) is 0 Å². The number of aromatic nitrogens is 3. The van der Waals surface area contributed by atoms with Crippen LogP contribution in [0, 0.1) is 11.3 Å². The zero-order chi connectivity index (χ0) is 22.4. The Bertz CT molecular complexity index is 883. The van der Waals surface area contributed by atoms with Gasteiger partial charge in [-0.25, -0.2) is 0 Å². The van der Waals surface area contributed by atoms with Crippen LogP contribution in [0.2, 0.25) is 0 Å². The van der Waals surface area contributed by atoms with Crippen LogP contribution in [0.5, 0.6) is 5.75 Å². The molecule has 2 N–H and O–H groups in total. The maximum atomic E-state index is 12.6. The Morgan fingerprint density at radius 3 is 2.59 bits per heavy atom. The Kier molecular flexibility index (Phi) is 7.07. The molecule has 8 heteroatoms. The lowest BCUT2D eigenvalue weighted by Gasteiger charge is -2.32. The number of carboxylic acids is 1. The number of carbonyl (C=O) groups is 2. The average molecular weight is 441 g/mol. The first-order valence-electron chi connectivity index (χ1n) is 11.7. The number of rotatable bonds is 9. The number of piperidine rings is 1. The molecule has 3 heterocycles. The Balaban J connectivity index is 1.15. The van der Waals surface area contributed by atoms with Gasteiger partial charge in [-0.1, -0.05) is 12.8 Å². The predicted molar refractivity (Wildman–Crippen MR) is 119 cm³/mol. The summed E-state index contributed by atoms with van der Waals surface area (Å²) in [5.74, 6) is 0.627. The number of hydrogen-bond donors (Lipinski definition) is 2. The first kappa shape index (κ1) is 22.3. The van der Waals surface area contributed by atoms with Crippen molar-refractivity contribution in [1.29, 1.82) is 0 Å². The highest BCUT2D eigenvalue weighted by Gasteiger charge is 2.40. The highest BCUT2D eigenvalue weighted by atomic mass is 16.5. The van der Waals surface area contributed by atoms with Crippen LogP contribution < -0.4 is 4.74 Å². The minimum atomic E-state index is -0.686. The fourth-order valence-corrected chi connectivity index (χ4v) is 4.95. The van der Waals surface area contributed by atoms with Gasteiger partial charge in [0.15, 0.2) is 0 Å². The second kappa shape index (κ2) is 10.1. The van der Waals surface area contributed by atoms with Crippen molar-refractivity contribution >= 4 is 11.9 Å². The van der Waals surface area contributed by atoms with Crippen LogP contribution in [0.1, 0.15) is 57.8 Å². The molecule has 172 valence electrons. The van der Waals surface area contributed by atoms with E-state index in [-0.39, 0.29) is 5.91 Å². The van der Waals surface area contributed by atoms with Gasteiger partial charge in [-0.15, -0.1) is 0 Å². The van der Waals surface area contributed by atoms with E-state index < -0.39 is 11.4 Å². The molecule has 1 saturated heterocycles. The zero-order valence-corrected chi connectivity index (χ0v) is 18.5. The van der Waals surface area contributed by atoms with Crippen LogP contribution in [-0.2, 0) is 9.59 Å². The fourth-order valence-electron chi connectivity index (χ4n) is 4.95. The van der Waals surface area contributed by atoms with Crippen LogP contribution in [0.4, 0.5) is 0 Å². The number of amides is 1. The van der Waals surface area contributed by atoms with Crippen molar-refractivity contribution in [3.8, 4) is 17.1 Å². The summed E-state index contributed by atoms with van der Waals surface area (Å²) in [6, 6.07) is 5.69. The third-order valence-corrected chi connectivity index (χ3v) is 7.03. The summed E-state index contributed by atoms with van der Waals surface area (Å²) in [5.41, 5.74) is 1.11. The molecular formula is C24H32N4O4. The maximum Gasteiger partial charge on any atom is 0.309 e. The molecule has 1 amide bonds. The summed E-state index contributed by atoms with van der Waals surface area (Å²) in [6.07, 6.45) is 10.5. The molecule has 0 aromatic carbocycles. The van der Waals surface area contributed by atoms with E-state index in [4.69, 9.17) is 4.74 Å². The average Bonchev–Trinajstić information content (AvgIpc) is 3.52. The van der Waals surface area contributed by atoms with Gasteiger partial charge in [-0.2, -0.15) is 5.10 Å². The van der Waals surface area contributed by atoms with Crippen molar-refractivity contribution < 1.29 is 19.4 Å². The minimum absolute atomic E-state index is 0.154. The Labute approximate surface area is 188 Å². The molecule has 1 aliphatic carbocycles. The summed E-state index contributed by atoms with van der Waals surface area (Å²) < 4.78 is 5.92. The minimum Gasteiger partial charge on any atom is -0.492 e. The van der Waals surface area contributed by atoms with E-state index in [2.05, 4.69) is 15.2 Å². The topological polar surface area (TPSA) is 108 Å². The largest absolute Gasteiger partial charge is 0.492 e. The number of likely N-dealkylation sites (tertiary alicyclic amines) is 1. The van der Waals surface area contributed by atoms with Crippen LogP contribution >= 0.6 is 0 Å². The molecule has 2 aliphatic rings. The van der Waals surface area contributed by atoms with Crippen molar-refractivity contribution in [3.05, 3.63) is 30.6 Å². The van der Waals surface area contributed by atoms with Gasteiger partial charge in [0.05, 0.1) is 29.6 Å². The number of aromatic amines is 1. The monoisotopic (exact) mass is 440 g/mol. The van der Waals surface area contributed by atoms with Gasteiger partial charge in [0.25, 0.3) is 0 Å². The van der Waals surface area contributed by atoms with Gasteiger partial charge in [0.2, 0.25) is 5.91 Å². The van der Waals surface area contributed by atoms with E-state index in [1.54, 1.807) is 12.4 Å². The Hall–Kier alpha value is -2.90. The number of pyridine rings is 1. The van der Waals surface area contributed by atoms with Crippen molar-refractivity contribution in [2.24, 2.45) is 11.3 Å². The molecule has 1 aliphatic heterocycles. The highest BCUT2D eigenvalue weighted by molar-refractivity contribution is 5.77. The first-order valence-corrected chi connectivity index (χ1v) is 11.7. The van der Waals surface area contributed by atoms with E-state index in [0.717, 1.165) is 68.8 Å². The fraction of sp³-hybridized carbons (Fsp3) is 0.583. The van der Waals surface area contributed by atoms with Gasteiger partial charge in [0, 0.05) is 25.7 Å². The quantitative estimate of drug-likeness (QED) is 0.612. The second-order valence-corrected chi connectivity index (χ2v) is 9.13. The molecule has 2 aromatic rings. The smallest absolute Gasteiger partial charge is 0.309 e. The Morgan fingerprint density at radius 1 is 1.19 bits per heavy atom. The summed E-state index contributed by atoms with van der Waals surface area (Å²) in [7, 11) is 0. The van der Waals surface area contributed by atoms with Crippen LogP contribution in [0.25, 0.3) is 11.4 Å². The van der Waals surface area contributed by atoms with E-state index in [1.807, 2.05) is 23.1 Å². The Morgan fingerprint density at radius 2 is 1.97 bits per heavy atom. The summed E-state index contributed by atoms with van der Waals surface area (Å²) >= 11 is 0. The molecule has 4 rings (SSSR count). The predicted octanol–water partition coefficient (Wildman–Crippen LogP) is 3.90. The molecule has 0 radical (unpaired) electrons. The number of carbonyl (C=O) groups excluding carboxylic acids is 1. The number of ether oxygens (including phenoxy) is 1. The summed E-state index contributed by atoms with van der Waals surface area (Å²) in [6.45, 7) is 2.11. The number of nitrogens with zero attached hydrogens (tertiary/aromatic N) is 3. The van der Waals surface area contributed by atoms with Crippen molar-refractivity contribution in [2.75, 3.05) is 19.7 Å². The molecule has 0 atom stereocenters. The molecule has 0 bridgehead atoms. The third kappa shape index (κ3) is 5.29. The molecule has 8 nitrogen and oxygen atoms in total. The van der Waals surface area contributed by atoms with E-state index >= 15 is 0 Å². The number of H-pyrrole nitrogens is 1. The van der Waals surface area contributed by atoms with Gasteiger partial charge < -0.3 is 14.7 Å².